The van der Waals surface area contributed by atoms with Crippen molar-refractivity contribution in [1.82, 2.24) is 10.1 Å². The van der Waals surface area contributed by atoms with Crippen molar-refractivity contribution in [2.24, 2.45) is 0 Å². The van der Waals surface area contributed by atoms with Gasteiger partial charge in [-0.05, 0) is 24.3 Å². The summed E-state index contributed by atoms with van der Waals surface area (Å²) in [6, 6.07) is 5.84. The monoisotopic (exact) mass is 290 g/mol. The average molecular weight is 290 g/mol. The summed E-state index contributed by atoms with van der Waals surface area (Å²) in [5.74, 6) is 0.914. The molecule has 0 unspecified atom stereocenters. The molecule has 20 heavy (non-hydrogen) atoms. The van der Waals surface area contributed by atoms with Crippen LogP contribution in [0.5, 0.6) is 0 Å². The minimum absolute atomic E-state index is 0.165. The summed E-state index contributed by atoms with van der Waals surface area (Å²) in [6.45, 7) is 1.77. The van der Waals surface area contributed by atoms with Gasteiger partial charge in [0, 0.05) is 19.2 Å². The summed E-state index contributed by atoms with van der Waals surface area (Å²) in [4.78, 5) is 15.3. The molecule has 0 radical (unpaired) electrons. The first-order valence-corrected chi connectivity index (χ1v) is 7.98. The Bertz CT molecular complexity index is 554. The van der Waals surface area contributed by atoms with Gasteiger partial charge < -0.3 is 9.42 Å². The van der Waals surface area contributed by atoms with Crippen molar-refractivity contribution in [1.29, 1.82) is 0 Å². The van der Waals surface area contributed by atoms with Crippen molar-refractivity contribution >= 4 is 17.2 Å². The van der Waals surface area contributed by atoms with E-state index in [0.717, 1.165) is 42.3 Å². The Kier molecular flexibility index (Phi) is 4.16. The zero-order valence-electron chi connectivity index (χ0n) is 11.4. The van der Waals surface area contributed by atoms with Crippen molar-refractivity contribution in [2.45, 2.75) is 32.1 Å². The Morgan fingerprint density at radius 3 is 2.80 bits per heavy atom. The standard InChI is InChI=1S/C15H18N2O2S/c18-15(17-7-3-1-2-4-8-17)11-12-10-13(19-16-12)14-6-5-9-20-14/h5-6,9-10H,1-4,7-8,11H2. The van der Waals surface area contributed by atoms with Gasteiger partial charge in [-0.2, -0.15) is 0 Å². The van der Waals surface area contributed by atoms with Crippen LogP contribution in [-0.4, -0.2) is 29.1 Å². The topological polar surface area (TPSA) is 46.3 Å². The van der Waals surface area contributed by atoms with Crippen LogP contribution in [-0.2, 0) is 11.2 Å². The van der Waals surface area contributed by atoms with E-state index in [-0.39, 0.29) is 5.91 Å². The third kappa shape index (κ3) is 3.10. The molecular weight excluding hydrogens is 272 g/mol. The van der Waals surface area contributed by atoms with Gasteiger partial charge in [0.2, 0.25) is 5.91 Å². The summed E-state index contributed by atoms with van der Waals surface area (Å²) >= 11 is 1.61. The molecule has 1 fully saturated rings. The minimum atomic E-state index is 0.165. The van der Waals surface area contributed by atoms with Gasteiger partial charge in [-0.15, -0.1) is 11.3 Å². The molecule has 0 aliphatic carbocycles. The fourth-order valence-electron chi connectivity index (χ4n) is 2.52. The molecule has 0 N–H and O–H groups in total. The predicted molar refractivity (Wildman–Crippen MR) is 78.6 cm³/mol. The Labute approximate surface area is 122 Å². The highest BCUT2D eigenvalue weighted by Crippen LogP contribution is 2.25. The van der Waals surface area contributed by atoms with Crippen LogP contribution in [0.15, 0.2) is 28.1 Å². The molecule has 2 aromatic rings. The maximum absolute atomic E-state index is 12.3. The second-order valence-corrected chi connectivity index (χ2v) is 6.08. The molecule has 106 valence electrons. The van der Waals surface area contributed by atoms with Crippen molar-refractivity contribution in [3.05, 3.63) is 29.3 Å². The maximum Gasteiger partial charge on any atom is 0.228 e. The molecule has 3 rings (SSSR count). The smallest absolute Gasteiger partial charge is 0.228 e. The Morgan fingerprint density at radius 2 is 2.10 bits per heavy atom. The van der Waals surface area contributed by atoms with Gasteiger partial charge in [-0.3, -0.25) is 4.79 Å². The van der Waals surface area contributed by atoms with Crippen LogP contribution >= 0.6 is 11.3 Å². The van der Waals surface area contributed by atoms with E-state index in [1.807, 2.05) is 28.5 Å². The predicted octanol–water partition coefficient (Wildman–Crippen LogP) is 3.35. The van der Waals surface area contributed by atoms with E-state index >= 15 is 0 Å². The molecule has 1 saturated heterocycles. The molecule has 0 spiro atoms. The molecular formula is C15H18N2O2S. The number of aromatic nitrogens is 1. The largest absolute Gasteiger partial charge is 0.355 e. The molecule has 0 aromatic carbocycles. The van der Waals surface area contributed by atoms with Crippen molar-refractivity contribution in [3.63, 3.8) is 0 Å². The number of amides is 1. The molecule has 0 saturated carbocycles. The number of hydrogen-bond donors (Lipinski definition) is 0. The van der Waals surface area contributed by atoms with E-state index in [9.17, 15) is 4.79 Å². The van der Waals surface area contributed by atoms with Gasteiger partial charge in [0.15, 0.2) is 5.76 Å². The average Bonchev–Trinajstić information content (AvgIpc) is 3.05. The minimum Gasteiger partial charge on any atom is -0.355 e. The van der Waals surface area contributed by atoms with E-state index in [1.54, 1.807) is 11.3 Å². The van der Waals surface area contributed by atoms with E-state index in [4.69, 9.17) is 4.52 Å². The van der Waals surface area contributed by atoms with Crippen LogP contribution in [0.2, 0.25) is 0 Å². The molecule has 1 amide bonds. The van der Waals surface area contributed by atoms with Gasteiger partial charge in [-0.25, -0.2) is 0 Å². The van der Waals surface area contributed by atoms with Crippen LogP contribution in [0, 0.1) is 0 Å². The van der Waals surface area contributed by atoms with Crippen LogP contribution in [0.25, 0.3) is 10.6 Å². The summed E-state index contributed by atoms with van der Waals surface area (Å²) in [7, 11) is 0. The molecule has 2 aromatic heterocycles. The highest BCUT2D eigenvalue weighted by Gasteiger charge is 2.18. The third-order valence-corrected chi connectivity index (χ3v) is 4.50. The molecule has 4 nitrogen and oxygen atoms in total. The lowest BCUT2D eigenvalue weighted by atomic mass is 10.2. The van der Waals surface area contributed by atoms with E-state index in [2.05, 4.69) is 5.16 Å². The third-order valence-electron chi connectivity index (χ3n) is 3.61. The fourth-order valence-corrected chi connectivity index (χ4v) is 3.19. The molecule has 0 bridgehead atoms. The molecule has 1 aliphatic rings. The van der Waals surface area contributed by atoms with Gasteiger partial charge in [0.25, 0.3) is 0 Å². The van der Waals surface area contributed by atoms with E-state index < -0.39 is 0 Å². The number of thiophene rings is 1. The first-order chi connectivity index (χ1) is 9.83. The molecule has 1 aliphatic heterocycles. The molecule has 5 heteroatoms. The lowest BCUT2D eigenvalue weighted by Gasteiger charge is -2.19. The highest BCUT2D eigenvalue weighted by molar-refractivity contribution is 7.13. The van der Waals surface area contributed by atoms with Crippen molar-refractivity contribution < 1.29 is 9.32 Å². The maximum atomic E-state index is 12.3. The Hall–Kier alpha value is -1.62. The summed E-state index contributed by atoms with van der Waals surface area (Å²) < 4.78 is 5.31. The number of carbonyl (C=O) groups excluding carboxylic acids is 1. The first-order valence-electron chi connectivity index (χ1n) is 7.10. The number of carbonyl (C=O) groups is 1. The summed E-state index contributed by atoms with van der Waals surface area (Å²) in [5, 5.41) is 6.01. The second kappa shape index (κ2) is 6.22. The summed E-state index contributed by atoms with van der Waals surface area (Å²) in [5.41, 5.74) is 0.725. The van der Waals surface area contributed by atoms with E-state index in [1.165, 1.54) is 12.8 Å². The van der Waals surface area contributed by atoms with Gasteiger partial charge in [0.1, 0.15) is 0 Å². The zero-order valence-corrected chi connectivity index (χ0v) is 12.2. The molecule has 3 heterocycles. The Morgan fingerprint density at radius 1 is 1.30 bits per heavy atom. The van der Waals surface area contributed by atoms with Crippen LogP contribution < -0.4 is 0 Å². The SMILES string of the molecule is O=C(Cc1cc(-c2cccs2)on1)N1CCCCCC1. The van der Waals surface area contributed by atoms with Crippen molar-refractivity contribution in [2.75, 3.05) is 13.1 Å². The fraction of sp³-hybridized carbons (Fsp3) is 0.467. The Balaban J connectivity index is 1.64. The van der Waals surface area contributed by atoms with Crippen LogP contribution in [0.3, 0.4) is 0 Å². The highest BCUT2D eigenvalue weighted by atomic mass is 32.1. The van der Waals surface area contributed by atoms with Gasteiger partial charge in [0.05, 0.1) is 17.0 Å². The van der Waals surface area contributed by atoms with Crippen LogP contribution in [0.1, 0.15) is 31.4 Å². The van der Waals surface area contributed by atoms with Crippen LogP contribution in [0.4, 0.5) is 0 Å². The first kappa shape index (κ1) is 13.4. The van der Waals surface area contributed by atoms with E-state index in [0.29, 0.717) is 6.42 Å². The number of hydrogen-bond acceptors (Lipinski definition) is 4. The zero-order chi connectivity index (χ0) is 13.8. The molecule has 0 atom stereocenters. The quantitative estimate of drug-likeness (QED) is 0.871. The van der Waals surface area contributed by atoms with Gasteiger partial charge in [-0.1, -0.05) is 24.1 Å². The normalized spacial score (nSPS) is 16.1. The number of likely N-dealkylation sites (tertiary alicyclic amines) is 1. The lowest BCUT2D eigenvalue weighted by Crippen LogP contribution is -2.33. The van der Waals surface area contributed by atoms with Gasteiger partial charge >= 0.3 is 0 Å². The number of rotatable bonds is 3. The number of nitrogens with zero attached hydrogens (tertiary/aromatic N) is 2. The van der Waals surface area contributed by atoms with Crippen molar-refractivity contribution in [3.8, 4) is 10.6 Å². The lowest BCUT2D eigenvalue weighted by molar-refractivity contribution is -0.130. The summed E-state index contributed by atoms with van der Waals surface area (Å²) in [6.07, 6.45) is 5.04. The second-order valence-electron chi connectivity index (χ2n) is 5.13.